The first-order valence-electron chi connectivity index (χ1n) is 6.96. The third-order valence-electron chi connectivity index (χ3n) is 3.28. The van der Waals surface area contributed by atoms with E-state index in [4.69, 9.17) is 0 Å². The largest absolute Gasteiger partial charge is 0.264 e. The van der Waals surface area contributed by atoms with Gasteiger partial charge in [-0.25, -0.2) is 4.39 Å². The average Bonchev–Trinajstić information content (AvgIpc) is 3.16. The second-order valence-electron chi connectivity index (χ2n) is 4.90. The van der Waals surface area contributed by atoms with Crippen molar-refractivity contribution in [2.24, 2.45) is 0 Å². The van der Waals surface area contributed by atoms with Crippen LogP contribution in [0.4, 0.5) is 4.39 Å². The number of pyridine rings is 1. The fourth-order valence-corrected chi connectivity index (χ4v) is 3.28. The van der Waals surface area contributed by atoms with Crippen LogP contribution in [-0.4, -0.2) is 24.8 Å². The van der Waals surface area contributed by atoms with Crippen LogP contribution in [0.3, 0.4) is 0 Å². The van der Waals surface area contributed by atoms with Crippen LogP contribution >= 0.6 is 27.3 Å². The van der Waals surface area contributed by atoms with Crippen molar-refractivity contribution >= 4 is 44.4 Å². The molecule has 4 rings (SSSR count). The Kier molecular flexibility index (Phi) is 3.91. The Bertz CT molecular complexity index is 1040. The first-order valence-corrected chi connectivity index (χ1v) is 8.57. The Morgan fingerprint density at radius 1 is 1.17 bits per heavy atom. The molecule has 0 aliphatic rings. The van der Waals surface area contributed by atoms with Crippen LogP contribution in [0.1, 0.15) is 10.6 Å². The lowest BCUT2D eigenvalue weighted by molar-refractivity contribution is 0.629. The van der Waals surface area contributed by atoms with Crippen LogP contribution in [0.25, 0.3) is 28.5 Å². The van der Waals surface area contributed by atoms with Gasteiger partial charge in [-0.2, -0.15) is 9.61 Å². The SMILES string of the molecule is Fc1ccc(Br)cc1-c1nnc2sc(/C=C/c3cccnc3)nn12. The number of aromatic nitrogens is 5. The highest BCUT2D eigenvalue weighted by Gasteiger charge is 2.16. The van der Waals surface area contributed by atoms with Crippen LogP contribution < -0.4 is 0 Å². The van der Waals surface area contributed by atoms with Crippen molar-refractivity contribution in [1.29, 1.82) is 0 Å². The predicted octanol–water partition coefficient (Wildman–Crippen LogP) is 4.32. The van der Waals surface area contributed by atoms with Gasteiger partial charge in [0.25, 0.3) is 0 Å². The van der Waals surface area contributed by atoms with Crippen LogP contribution in [0, 0.1) is 5.82 Å². The highest BCUT2D eigenvalue weighted by Crippen LogP contribution is 2.27. The van der Waals surface area contributed by atoms with Crippen molar-refractivity contribution in [1.82, 2.24) is 24.8 Å². The molecule has 0 saturated heterocycles. The maximum atomic E-state index is 14.1. The number of halogens is 2. The molecular weight excluding hydrogens is 393 g/mol. The first-order chi connectivity index (χ1) is 11.7. The van der Waals surface area contributed by atoms with Gasteiger partial charge in [-0.3, -0.25) is 4.98 Å². The molecule has 0 bridgehead atoms. The van der Waals surface area contributed by atoms with E-state index in [2.05, 4.69) is 36.2 Å². The Labute approximate surface area is 148 Å². The number of benzene rings is 1. The lowest BCUT2D eigenvalue weighted by Gasteiger charge is -2.00. The zero-order valence-electron chi connectivity index (χ0n) is 12.1. The molecule has 0 unspecified atom stereocenters. The van der Waals surface area contributed by atoms with Gasteiger partial charge in [0.2, 0.25) is 4.96 Å². The minimum absolute atomic E-state index is 0.352. The zero-order chi connectivity index (χ0) is 16.5. The molecule has 1 aromatic carbocycles. The molecule has 0 saturated carbocycles. The number of rotatable bonds is 3. The summed E-state index contributed by atoms with van der Waals surface area (Å²) in [4.78, 5) is 4.67. The van der Waals surface area contributed by atoms with Gasteiger partial charge in [0, 0.05) is 16.9 Å². The van der Waals surface area contributed by atoms with Crippen LogP contribution in [0.15, 0.2) is 47.2 Å². The zero-order valence-corrected chi connectivity index (χ0v) is 14.5. The van der Waals surface area contributed by atoms with Gasteiger partial charge < -0.3 is 0 Å². The highest BCUT2D eigenvalue weighted by molar-refractivity contribution is 9.10. The van der Waals surface area contributed by atoms with Crippen molar-refractivity contribution in [3.05, 3.63) is 63.6 Å². The van der Waals surface area contributed by atoms with Gasteiger partial charge in [-0.1, -0.05) is 39.4 Å². The second-order valence-corrected chi connectivity index (χ2v) is 6.81. The highest BCUT2D eigenvalue weighted by atomic mass is 79.9. The fraction of sp³-hybridized carbons (Fsp3) is 0. The van der Waals surface area contributed by atoms with Gasteiger partial charge in [0.1, 0.15) is 10.8 Å². The predicted molar refractivity (Wildman–Crippen MR) is 94.9 cm³/mol. The summed E-state index contributed by atoms with van der Waals surface area (Å²) >= 11 is 4.72. The Morgan fingerprint density at radius 3 is 2.92 bits per heavy atom. The second kappa shape index (κ2) is 6.21. The smallest absolute Gasteiger partial charge is 0.235 e. The normalized spacial score (nSPS) is 11.6. The van der Waals surface area contributed by atoms with Crippen LogP contribution in [-0.2, 0) is 0 Å². The van der Waals surface area contributed by atoms with Crippen LogP contribution in [0.5, 0.6) is 0 Å². The minimum atomic E-state index is -0.368. The summed E-state index contributed by atoms with van der Waals surface area (Å²) in [6, 6.07) is 8.50. The molecule has 24 heavy (non-hydrogen) atoms. The Morgan fingerprint density at radius 2 is 2.08 bits per heavy atom. The van der Waals surface area contributed by atoms with Crippen molar-refractivity contribution in [3.63, 3.8) is 0 Å². The van der Waals surface area contributed by atoms with E-state index in [9.17, 15) is 4.39 Å². The van der Waals surface area contributed by atoms with Gasteiger partial charge >= 0.3 is 0 Å². The molecule has 4 aromatic rings. The summed E-state index contributed by atoms with van der Waals surface area (Å²) < 4.78 is 16.4. The standard InChI is InChI=1S/C16H9BrFN5S/c17-11-4-5-13(18)12(8-11)15-20-21-16-23(15)22-14(24-16)6-3-10-2-1-7-19-9-10/h1-9H/b6-3+. The van der Waals surface area contributed by atoms with E-state index in [1.807, 2.05) is 24.3 Å². The van der Waals surface area contributed by atoms with E-state index in [0.717, 1.165) is 15.0 Å². The van der Waals surface area contributed by atoms with E-state index in [1.54, 1.807) is 29.0 Å². The number of hydrogen-bond donors (Lipinski definition) is 0. The maximum absolute atomic E-state index is 14.1. The summed E-state index contributed by atoms with van der Waals surface area (Å²) in [7, 11) is 0. The van der Waals surface area contributed by atoms with Gasteiger partial charge in [-0.05, 0) is 35.9 Å². The van der Waals surface area contributed by atoms with Crippen molar-refractivity contribution in [3.8, 4) is 11.4 Å². The average molecular weight is 402 g/mol. The summed E-state index contributed by atoms with van der Waals surface area (Å²) in [5, 5.41) is 13.3. The molecule has 5 nitrogen and oxygen atoms in total. The molecule has 0 amide bonds. The molecule has 0 radical (unpaired) electrons. The van der Waals surface area contributed by atoms with Crippen molar-refractivity contribution in [2.75, 3.05) is 0 Å². The summed E-state index contributed by atoms with van der Waals surface area (Å²) in [6.45, 7) is 0. The molecule has 0 fully saturated rings. The van der Waals surface area contributed by atoms with E-state index in [1.165, 1.54) is 17.4 Å². The third-order valence-corrected chi connectivity index (χ3v) is 4.64. The van der Waals surface area contributed by atoms with Crippen molar-refractivity contribution in [2.45, 2.75) is 0 Å². The monoisotopic (exact) mass is 401 g/mol. The van der Waals surface area contributed by atoms with Gasteiger partial charge in [0.05, 0.1) is 5.56 Å². The lowest BCUT2D eigenvalue weighted by atomic mass is 10.2. The van der Waals surface area contributed by atoms with E-state index < -0.39 is 0 Å². The molecule has 8 heteroatoms. The molecule has 0 aliphatic heterocycles. The summed E-state index contributed by atoms with van der Waals surface area (Å²) in [5.41, 5.74) is 1.33. The van der Waals surface area contributed by atoms with Gasteiger partial charge in [0.15, 0.2) is 5.82 Å². The fourth-order valence-electron chi connectivity index (χ4n) is 2.18. The molecule has 0 N–H and O–H groups in total. The Balaban J connectivity index is 1.74. The van der Waals surface area contributed by atoms with Crippen molar-refractivity contribution < 1.29 is 4.39 Å². The lowest BCUT2D eigenvalue weighted by Crippen LogP contribution is -1.93. The maximum Gasteiger partial charge on any atom is 0.235 e. The summed E-state index contributed by atoms with van der Waals surface area (Å²) in [5.74, 6) is 0.00836. The topological polar surface area (TPSA) is 56.0 Å². The van der Waals surface area contributed by atoms with E-state index >= 15 is 0 Å². The number of nitrogens with zero attached hydrogens (tertiary/aromatic N) is 5. The van der Waals surface area contributed by atoms with E-state index in [-0.39, 0.29) is 5.82 Å². The molecule has 0 aliphatic carbocycles. The van der Waals surface area contributed by atoms with Gasteiger partial charge in [-0.15, -0.1) is 10.2 Å². The number of fused-ring (bicyclic) bond motifs is 1. The van der Waals surface area contributed by atoms with Crippen LogP contribution in [0.2, 0.25) is 0 Å². The first kappa shape index (κ1) is 15.1. The van der Waals surface area contributed by atoms with E-state index in [0.29, 0.717) is 16.3 Å². The molecule has 118 valence electrons. The third kappa shape index (κ3) is 2.85. The quantitative estimate of drug-likeness (QED) is 0.512. The Hall–Kier alpha value is -2.45. The minimum Gasteiger partial charge on any atom is -0.264 e. The molecule has 3 aromatic heterocycles. The molecule has 0 spiro atoms. The molecule has 3 heterocycles. The summed E-state index contributed by atoms with van der Waals surface area (Å²) in [6.07, 6.45) is 7.27. The molecule has 0 atom stereocenters. The number of hydrogen-bond acceptors (Lipinski definition) is 5. The molecular formula is C16H9BrFN5S.